The van der Waals surface area contributed by atoms with E-state index < -0.39 is 11.9 Å². The first-order valence-electron chi connectivity index (χ1n) is 5.60. The molecule has 1 aromatic carbocycles. The van der Waals surface area contributed by atoms with E-state index in [4.69, 9.17) is 5.11 Å². The lowest BCUT2D eigenvalue weighted by molar-refractivity contribution is -0.138. The lowest BCUT2D eigenvalue weighted by Crippen LogP contribution is -2.08. The third-order valence-corrected chi connectivity index (χ3v) is 2.90. The Morgan fingerprint density at radius 1 is 1.11 bits per heavy atom. The Hall–Kier alpha value is -2.36. The van der Waals surface area contributed by atoms with Crippen LogP contribution in [-0.4, -0.2) is 21.8 Å². The number of carboxylic acid groups (broad SMARTS) is 1. The molecule has 0 saturated carbocycles. The fourth-order valence-corrected chi connectivity index (χ4v) is 1.70. The van der Waals surface area contributed by atoms with Crippen molar-refractivity contribution >= 4 is 11.8 Å². The average Bonchev–Trinajstić information content (AvgIpc) is 2.91. The minimum Gasteiger partial charge on any atom is -0.481 e. The third kappa shape index (κ3) is 2.32. The van der Waals surface area contributed by atoms with Gasteiger partial charge in [0.1, 0.15) is 0 Å². The number of hydrogen-bond acceptors (Lipinski definition) is 2. The zero-order valence-electron chi connectivity index (χ0n) is 9.88. The molecule has 1 unspecified atom stereocenters. The predicted octanol–water partition coefficient (Wildman–Crippen LogP) is 2.43. The van der Waals surface area contributed by atoms with Crippen molar-refractivity contribution < 1.29 is 14.7 Å². The van der Waals surface area contributed by atoms with E-state index in [1.807, 2.05) is 0 Å². The molecule has 1 aromatic heterocycles. The van der Waals surface area contributed by atoms with Gasteiger partial charge in [0, 0.05) is 23.5 Å². The Bertz CT molecular complexity index is 555. The number of ketones is 1. The molecule has 0 saturated heterocycles. The van der Waals surface area contributed by atoms with Crippen molar-refractivity contribution in [2.24, 2.45) is 0 Å². The van der Waals surface area contributed by atoms with Gasteiger partial charge < -0.3 is 10.1 Å². The lowest BCUT2D eigenvalue weighted by Gasteiger charge is -2.07. The van der Waals surface area contributed by atoms with Crippen molar-refractivity contribution in [3.05, 3.63) is 59.4 Å². The van der Waals surface area contributed by atoms with Gasteiger partial charge in [-0.05, 0) is 18.6 Å². The Balaban J connectivity index is 2.23. The molecular weight excluding hydrogens is 230 g/mol. The van der Waals surface area contributed by atoms with Crippen molar-refractivity contribution in [1.82, 2.24) is 4.98 Å². The Morgan fingerprint density at radius 3 is 2.28 bits per heavy atom. The molecule has 0 bridgehead atoms. The summed E-state index contributed by atoms with van der Waals surface area (Å²) in [5.41, 5.74) is 1.83. The highest BCUT2D eigenvalue weighted by molar-refractivity contribution is 6.08. The second-order valence-electron chi connectivity index (χ2n) is 4.11. The van der Waals surface area contributed by atoms with Gasteiger partial charge in [0.05, 0.1) is 5.92 Å². The highest BCUT2D eigenvalue weighted by atomic mass is 16.4. The fraction of sp³-hybridized carbons (Fsp3) is 0.143. The summed E-state index contributed by atoms with van der Waals surface area (Å²) in [6, 6.07) is 8.38. The molecule has 2 rings (SSSR count). The number of carbonyl (C=O) groups excluding carboxylic acids is 1. The van der Waals surface area contributed by atoms with Crippen LogP contribution in [0.25, 0.3) is 0 Å². The molecule has 92 valence electrons. The Kier molecular flexibility index (Phi) is 3.28. The number of aromatic amines is 1. The largest absolute Gasteiger partial charge is 0.481 e. The molecule has 0 radical (unpaired) electrons. The first kappa shape index (κ1) is 12.1. The minimum atomic E-state index is -0.875. The Labute approximate surface area is 104 Å². The molecular formula is C14H13NO3. The van der Waals surface area contributed by atoms with E-state index in [1.54, 1.807) is 49.6 Å². The van der Waals surface area contributed by atoms with Crippen LogP contribution in [0.4, 0.5) is 0 Å². The summed E-state index contributed by atoms with van der Waals surface area (Å²) in [5.74, 6) is -1.52. The molecule has 0 aliphatic rings. The van der Waals surface area contributed by atoms with Crippen LogP contribution in [0.1, 0.15) is 34.3 Å². The fourth-order valence-electron chi connectivity index (χ4n) is 1.70. The van der Waals surface area contributed by atoms with Crippen molar-refractivity contribution in [3.8, 4) is 0 Å². The summed E-state index contributed by atoms with van der Waals surface area (Å²) in [7, 11) is 0. The second kappa shape index (κ2) is 4.87. The lowest BCUT2D eigenvalue weighted by atomic mass is 9.98. The number of H-pyrrole nitrogens is 1. The minimum absolute atomic E-state index is 0.0780. The number of rotatable bonds is 4. The van der Waals surface area contributed by atoms with E-state index in [2.05, 4.69) is 4.98 Å². The summed E-state index contributed by atoms with van der Waals surface area (Å²) in [5, 5.41) is 8.89. The first-order chi connectivity index (χ1) is 8.59. The Morgan fingerprint density at radius 2 is 1.78 bits per heavy atom. The second-order valence-corrected chi connectivity index (χ2v) is 4.11. The molecule has 18 heavy (non-hydrogen) atoms. The van der Waals surface area contributed by atoms with Crippen molar-refractivity contribution in [3.63, 3.8) is 0 Å². The van der Waals surface area contributed by atoms with Crippen LogP contribution in [0.2, 0.25) is 0 Å². The average molecular weight is 243 g/mol. The van der Waals surface area contributed by atoms with Gasteiger partial charge in [0.15, 0.2) is 5.78 Å². The molecule has 2 N–H and O–H groups in total. The summed E-state index contributed by atoms with van der Waals surface area (Å²) in [6.07, 6.45) is 3.32. The van der Waals surface area contributed by atoms with Gasteiger partial charge in [0.2, 0.25) is 0 Å². The number of carboxylic acids is 1. The predicted molar refractivity (Wildman–Crippen MR) is 66.7 cm³/mol. The number of aromatic nitrogens is 1. The summed E-state index contributed by atoms with van der Waals surface area (Å²) in [6.45, 7) is 1.62. The van der Waals surface area contributed by atoms with Gasteiger partial charge >= 0.3 is 5.97 Å². The number of aliphatic carboxylic acids is 1. The molecule has 4 heteroatoms. The van der Waals surface area contributed by atoms with Crippen LogP contribution in [0, 0.1) is 0 Å². The maximum Gasteiger partial charge on any atom is 0.310 e. The normalized spacial score (nSPS) is 12.1. The highest BCUT2D eigenvalue weighted by Gasteiger charge is 2.14. The van der Waals surface area contributed by atoms with Gasteiger partial charge in [0.25, 0.3) is 0 Å². The molecule has 0 amide bonds. The third-order valence-electron chi connectivity index (χ3n) is 2.90. The molecule has 1 atom stereocenters. The monoisotopic (exact) mass is 243 g/mol. The van der Waals surface area contributed by atoms with E-state index in [-0.39, 0.29) is 5.78 Å². The number of carbonyl (C=O) groups is 2. The van der Waals surface area contributed by atoms with E-state index in [0.29, 0.717) is 16.7 Å². The van der Waals surface area contributed by atoms with Crippen molar-refractivity contribution in [2.75, 3.05) is 0 Å². The molecule has 1 heterocycles. The molecule has 2 aromatic rings. The van der Waals surface area contributed by atoms with Gasteiger partial charge in [-0.15, -0.1) is 0 Å². The number of nitrogens with one attached hydrogen (secondary N) is 1. The van der Waals surface area contributed by atoms with E-state index in [1.165, 1.54) is 0 Å². The zero-order chi connectivity index (χ0) is 13.1. The topological polar surface area (TPSA) is 70.2 Å². The van der Waals surface area contributed by atoms with Crippen LogP contribution >= 0.6 is 0 Å². The van der Waals surface area contributed by atoms with Crippen LogP contribution < -0.4 is 0 Å². The summed E-state index contributed by atoms with van der Waals surface area (Å²) < 4.78 is 0. The van der Waals surface area contributed by atoms with Crippen LogP contribution in [0.5, 0.6) is 0 Å². The standard InChI is InChI=1S/C14H13NO3/c1-9(14(17)18)10-2-4-11(5-3-10)13(16)12-6-7-15-8-12/h2-9,15H,1H3,(H,17,18). The first-order valence-corrected chi connectivity index (χ1v) is 5.60. The molecule has 4 nitrogen and oxygen atoms in total. The maximum atomic E-state index is 12.0. The smallest absolute Gasteiger partial charge is 0.310 e. The van der Waals surface area contributed by atoms with Crippen molar-refractivity contribution in [2.45, 2.75) is 12.8 Å². The van der Waals surface area contributed by atoms with Crippen LogP contribution in [0.3, 0.4) is 0 Å². The molecule has 0 aliphatic carbocycles. The highest BCUT2D eigenvalue weighted by Crippen LogP contribution is 2.17. The quantitative estimate of drug-likeness (QED) is 0.810. The van der Waals surface area contributed by atoms with E-state index in [9.17, 15) is 9.59 Å². The van der Waals surface area contributed by atoms with Gasteiger partial charge in [-0.3, -0.25) is 9.59 Å². The number of benzene rings is 1. The van der Waals surface area contributed by atoms with Gasteiger partial charge in [-0.1, -0.05) is 24.3 Å². The van der Waals surface area contributed by atoms with Gasteiger partial charge in [-0.25, -0.2) is 0 Å². The zero-order valence-corrected chi connectivity index (χ0v) is 9.88. The molecule has 0 aliphatic heterocycles. The maximum absolute atomic E-state index is 12.0. The van der Waals surface area contributed by atoms with Crippen LogP contribution in [-0.2, 0) is 4.79 Å². The van der Waals surface area contributed by atoms with E-state index >= 15 is 0 Å². The van der Waals surface area contributed by atoms with Crippen LogP contribution in [0.15, 0.2) is 42.7 Å². The number of hydrogen-bond donors (Lipinski definition) is 2. The van der Waals surface area contributed by atoms with Gasteiger partial charge in [-0.2, -0.15) is 0 Å². The molecule has 0 fully saturated rings. The summed E-state index contributed by atoms with van der Waals surface area (Å²) >= 11 is 0. The van der Waals surface area contributed by atoms with E-state index in [0.717, 1.165) is 0 Å². The van der Waals surface area contributed by atoms with Crippen molar-refractivity contribution in [1.29, 1.82) is 0 Å². The summed E-state index contributed by atoms with van der Waals surface area (Å²) in [4.78, 5) is 25.6. The SMILES string of the molecule is CC(C(=O)O)c1ccc(C(=O)c2cc[nH]c2)cc1. The molecule has 0 spiro atoms.